The molecule has 37 heavy (non-hydrogen) atoms. The minimum absolute atomic E-state index is 0.122. The zero-order valence-corrected chi connectivity index (χ0v) is 22.3. The molecule has 2 atom stereocenters. The van der Waals surface area contributed by atoms with Gasteiger partial charge in [-0.15, -0.1) is 10.2 Å². The molecule has 6 rings (SSSR count). The Morgan fingerprint density at radius 3 is 2.30 bits per heavy atom. The van der Waals surface area contributed by atoms with Crippen LogP contribution in [0.5, 0.6) is 0 Å². The second-order valence-corrected chi connectivity index (χ2v) is 11.2. The molecule has 3 saturated heterocycles. The third kappa shape index (κ3) is 5.80. The van der Waals surface area contributed by atoms with Crippen molar-refractivity contribution in [2.75, 3.05) is 59.4 Å². The number of hydrogen-bond acceptors (Lipinski definition) is 6. The second-order valence-electron chi connectivity index (χ2n) is 11.2. The first-order valence-corrected chi connectivity index (χ1v) is 14.1. The average Bonchev–Trinajstić information content (AvgIpc) is 3.71. The van der Waals surface area contributed by atoms with E-state index in [1.807, 2.05) is 6.33 Å². The Bertz CT molecular complexity index is 1110. The molecule has 0 bridgehead atoms. The van der Waals surface area contributed by atoms with E-state index >= 15 is 0 Å². The van der Waals surface area contributed by atoms with Crippen molar-refractivity contribution >= 4 is 0 Å². The minimum atomic E-state index is 0.122. The molecule has 1 aromatic heterocycles. The van der Waals surface area contributed by atoms with Crippen LogP contribution in [0.4, 0.5) is 0 Å². The molecule has 196 valence electrons. The maximum absolute atomic E-state index is 4.72. The second kappa shape index (κ2) is 11.4. The van der Waals surface area contributed by atoms with Crippen LogP contribution >= 0.6 is 0 Å². The first-order valence-electron chi connectivity index (χ1n) is 14.1. The van der Waals surface area contributed by atoms with E-state index in [4.69, 9.17) is 5.10 Å². The zero-order valence-electron chi connectivity index (χ0n) is 22.3. The highest BCUT2D eigenvalue weighted by molar-refractivity contribution is 5.30. The number of piperazine rings is 1. The highest BCUT2D eigenvalue weighted by Crippen LogP contribution is 2.33. The molecule has 0 spiro atoms. The van der Waals surface area contributed by atoms with E-state index < -0.39 is 0 Å². The van der Waals surface area contributed by atoms with Crippen molar-refractivity contribution in [3.63, 3.8) is 0 Å². The Hall–Kier alpha value is -2.58. The number of nitrogens with zero attached hydrogens (tertiary/aromatic N) is 7. The lowest BCUT2D eigenvalue weighted by Gasteiger charge is -2.32. The van der Waals surface area contributed by atoms with Gasteiger partial charge in [0.05, 0.1) is 12.6 Å². The first-order chi connectivity index (χ1) is 18.2. The monoisotopic (exact) mass is 499 g/mol. The van der Waals surface area contributed by atoms with Crippen LogP contribution in [0.25, 0.3) is 0 Å². The fourth-order valence-electron chi connectivity index (χ4n) is 6.38. The molecule has 0 saturated carbocycles. The Labute approximate surface area is 221 Å². The summed E-state index contributed by atoms with van der Waals surface area (Å²) in [6.07, 6.45) is 5.84. The Morgan fingerprint density at radius 2 is 1.54 bits per heavy atom. The van der Waals surface area contributed by atoms with Crippen molar-refractivity contribution in [2.45, 2.75) is 44.4 Å². The van der Waals surface area contributed by atoms with E-state index in [0.717, 1.165) is 58.2 Å². The Morgan fingerprint density at radius 1 is 0.811 bits per heavy atom. The lowest BCUT2D eigenvalue weighted by Crippen LogP contribution is -2.43. The summed E-state index contributed by atoms with van der Waals surface area (Å²) in [6, 6.07) is 20.8. The largest absolute Gasteiger partial charge is 0.311 e. The molecule has 1 unspecified atom stereocenters. The first kappa shape index (κ1) is 24.7. The quantitative estimate of drug-likeness (QED) is 0.474. The summed E-state index contributed by atoms with van der Waals surface area (Å²) in [6.45, 7) is 11.2. The Kier molecular flexibility index (Phi) is 7.65. The summed E-state index contributed by atoms with van der Waals surface area (Å²) in [5.74, 6) is 1.05. The molecule has 4 heterocycles. The third-order valence-electron chi connectivity index (χ3n) is 8.60. The smallest absolute Gasteiger partial charge is 0.155 e. The predicted octanol–water partition coefficient (Wildman–Crippen LogP) is 3.33. The molecule has 7 heteroatoms. The van der Waals surface area contributed by atoms with Gasteiger partial charge in [0.25, 0.3) is 0 Å². The SMILES string of the molecule is CN1CCN(Cc2ccc(C(c3nncn3Cc3ccccc3)N3CC[C@H](N4CCCC4)C3)cc2)CC1. The van der Waals surface area contributed by atoms with Crippen LogP contribution in [-0.2, 0) is 13.1 Å². The zero-order chi connectivity index (χ0) is 25.0. The maximum Gasteiger partial charge on any atom is 0.155 e. The van der Waals surface area contributed by atoms with Gasteiger partial charge in [-0.05, 0) is 56.1 Å². The van der Waals surface area contributed by atoms with Gasteiger partial charge in [0, 0.05) is 51.9 Å². The number of likely N-dealkylation sites (N-methyl/N-ethyl adjacent to an activating group) is 1. The van der Waals surface area contributed by atoms with Crippen LogP contribution in [0.1, 0.15) is 47.8 Å². The fourth-order valence-corrected chi connectivity index (χ4v) is 6.38. The van der Waals surface area contributed by atoms with Gasteiger partial charge in [-0.2, -0.15) is 0 Å². The number of benzene rings is 2. The van der Waals surface area contributed by atoms with Crippen molar-refractivity contribution in [1.82, 2.24) is 34.4 Å². The number of rotatable bonds is 8. The highest BCUT2D eigenvalue weighted by Gasteiger charge is 2.36. The molecular weight excluding hydrogens is 458 g/mol. The lowest BCUT2D eigenvalue weighted by molar-refractivity contribution is 0.148. The average molecular weight is 500 g/mol. The van der Waals surface area contributed by atoms with Gasteiger partial charge in [0.1, 0.15) is 6.33 Å². The molecule has 3 aromatic rings. The van der Waals surface area contributed by atoms with E-state index in [9.17, 15) is 0 Å². The van der Waals surface area contributed by atoms with Crippen LogP contribution in [0.2, 0.25) is 0 Å². The van der Waals surface area contributed by atoms with Gasteiger partial charge in [-0.3, -0.25) is 14.7 Å². The van der Waals surface area contributed by atoms with Crippen LogP contribution in [-0.4, -0.2) is 99.8 Å². The minimum Gasteiger partial charge on any atom is -0.311 e. The highest BCUT2D eigenvalue weighted by atomic mass is 15.3. The summed E-state index contributed by atoms with van der Waals surface area (Å²) in [7, 11) is 2.22. The summed E-state index contributed by atoms with van der Waals surface area (Å²) in [4.78, 5) is 10.4. The number of likely N-dealkylation sites (tertiary alicyclic amines) is 2. The summed E-state index contributed by atoms with van der Waals surface area (Å²) in [5.41, 5.74) is 4.00. The lowest BCUT2D eigenvalue weighted by atomic mass is 10.0. The van der Waals surface area contributed by atoms with Gasteiger partial charge < -0.3 is 9.47 Å². The van der Waals surface area contributed by atoms with Crippen LogP contribution in [0.15, 0.2) is 60.9 Å². The molecule has 3 fully saturated rings. The molecule has 7 nitrogen and oxygen atoms in total. The molecule has 0 amide bonds. The van der Waals surface area contributed by atoms with E-state index in [-0.39, 0.29) is 6.04 Å². The molecule has 3 aliphatic heterocycles. The topological polar surface area (TPSA) is 43.7 Å². The van der Waals surface area contributed by atoms with Crippen molar-refractivity contribution < 1.29 is 0 Å². The molecular formula is C30H41N7. The molecule has 0 aliphatic carbocycles. The number of aromatic nitrogens is 3. The molecule has 2 aromatic carbocycles. The summed E-state index contributed by atoms with van der Waals surface area (Å²) < 4.78 is 2.25. The van der Waals surface area contributed by atoms with Crippen molar-refractivity contribution in [1.29, 1.82) is 0 Å². The summed E-state index contributed by atoms with van der Waals surface area (Å²) in [5, 5.41) is 9.12. The summed E-state index contributed by atoms with van der Waals surface area (Å²) >= 11 is 0. The molecule has 0 radical (unpaired) electrons. The van der Waals surface area contributed by atoms with E-state index in [0.29, 0.717) is 6.04 Å². The molecule has 3 aliphatic rings. The van der Waals surface area contributed by atoms with E-state index in [2.05, 4.69) is 90.9 Å². The normalized spacial score (nSPS) is 23.1. The van der Waals surface area contributed by atoms with Crippen LogP contribution < -0.4 is 0 Å². The van der Waals surface area contributed by atoms with Crippen LogP contribution in [0.3, 0.4) is 0 Å². The number of hydrogen-bond donors (Lipinski definition) is 0. The maximum atomic E-state index is 4.72. The Balaban J connectivity index is 1.24. The van der Waals surface area contributed by atoms with Gasteiger partial charge in [0.15, 0.2) is 5.82 Å². The van der Waals surface area contributed by atoms with Crippen molar-refractivity contribution in [3.8, 4) is 0 Å². The van der Waals surface area contributed by atoms with Gasteiger partial charge in [-0.25, -0.2) is 0 Å². The van der Waals surface area contributed by atoms with E-state index in [1.54, 1.807) is 0 Å². The van der Waals surface area contributed by atoms with Crippen molar-refractivity contribution in [2.24, 2.45) is 0 Å². The third-order valence-corrected chi connectivity index (χ3v) is 8.60. The fraction of sp³-hybridized carbons (Fsp3) is 0.533. The molecule has 0 N–H and O–H groups in total. The van der Waals surface area contributed by atoms with E-state index in [1.165, 1.54) is 49.0 Å². The standard InChI is InChI=1S/C30H41N7/c1-33-17-19-34(20-18-33)21-26-9-11-27(12-10-26)29(36-16-13-28(23-36)35-14-5-6-15-35)30-32-31-24-37(30)22-25-7-3-2-4-8-25/h2-4,7-12,24,28-29H,5-6,13-23H2,1H3/t28-,29?/m0/s1. The predicted molar refractivity (Wildman–Crippen MR) is 147 cm³/mol. The van der Waals surface area contributed by atoms with Crippen LogP contribution in [0, 0.1) is 0 Å². The van der Waals surface area contributed by atoms with Gasteiger partial charge in [0.2, 0.25) is 0 Å². The van der Waals surface area contributed by atoms with Gasteiger partial charge >= 0.3 is 0 Å². The van der Waals surface area contributed by atoms with Gasteiger partial charge in [-0.1, -0.05) is 54.6 Å². The van der Waals surface area contributed by atoms with Crippen molar-refractivity contribution in [3.05, 3.63) is 83.4 Å².